The fourth-order valence-electron chi connectivity index (χ4n) is 1.93. The third kappa shape index (κ3) is 4.50. The number of nitro groups is 1. The minimum Gasteiger partial charge on any atom is -0.796 e. The summed E-state index contributed by atoms with van der Waals surface area (Å²) in [6.45, 7) is 0.810. The summed E-state index contributed by atoms with van der Waals surface area (Å²) in [4.78, 5) is 21.7. The van der Waals surface area contributed by atoms with Gasteiger partial charge in [-0.05, 0) is 37.0 Å². The second-order valence-corrected chi connectivity index (χ2v) is 7.58. The fourth-order valence-corrected chi connectivity index (χ4v) is 3.09. The molecular formula is C14H9ClF3NO5P-. The number of nitro benzene ring substituents is 1. The van der Waals surface area contributed by atoms with Crippen molar-refractivity contribution in [2.24, 2.45) is 0 Å². The third-order valence-corrected chi connectivity index (χ3v) is 4.60. The van der Waals surface area contributed by atoms with Crippen LogP contribution < -0.4 is 14.9 Å². The van der Waals surface area contributed by atoms with Gasteiger partial charge < -0.3 is 14.2 Å². The van der Waals surface area contributed by atoms with Gasteiger partial charge in [-0.2, -0.15) is 13.2 Å². The zero-order valence-corrected chi connectivity index (χ0v) is 14.1. The number of halogens is 4. The van der Waals surface area contributed by atoms with E-state index in [9.17, 15) is 32.7 Å². The van der Waals surface area contributed by atoms with Crippen LogP contribution in [0.3, 0.4) is 0 Å². The summed E-state index contributed by atoms with van der Waals surface area (Å²) in [5.41, 5.74) is -1.61. The maximum absolute atomic E-state index is 12.6. The first-order valence-electron chi connectivity index (χ1n) is 6.51. The molecule has 0 bridgehead atoms. The highest BCUT2D eigenvalue weighted by atomic mass is 35.5. The van der Waals surface area contributed by atoms with Gasteiger partial charge >= 0.3 is 6.18 Å². The van der Waals surface area contributed by atoms with Crippen LogP contribution >= 0.6 is 19.0 Å². The summed E-state index contributed by atoms with van der Waals surface area (Å²) in [5, 5.41) is 9.99. The molecule has 0 heterocycles. The first-order valence-corrected chi connectivity index (χ1v) is 8.96. The van der Waals surface area contributed by atoms with E-state index in [1.165, 1.54) is 0 Å². The maximum atomic E-state index is 12.6. The van der Waals surface area contributed by atoms with E-state index in [0.29, 0.717) is 6.07 Å². The van der Waals surface area contributed by atoms with Crippen LogP contribution in [-0.4, -0.2) is 11.6 Å². The molecule has 1 atom stereocenters. The fraction of sp³-hybridized carbons (Fsp3) is 0.143. The Morgan fingerprint density at radius 1 is 1.20 bits per heavy atom. The van der Waals surface area contributed by atoms with Crippen LogP contribution in [0, 0.1) is 10.1 Å². The third-order valence-electron chi connectivity index (χ3n) is 3.07. The van der Waals surface area contributed by atoms with Crippen LogP contribution in [0.2, 0.25) is 5.02 Å². The standard InChI is InChI=1S/C14H10ClF3NO5P/c1-25(22,23)13-7-9(3-4-11(13)19(20)21)24-12-5-2-8(6-10(12)15)14(16,17)18/h2-7H,1H3,(H,22,23)/p-1. The van der Waals surface area contributed by atoms with Crippen molar-refractivity contribution in [2.45, 2.75) is 6.18 Å². The predicted octanol–water partition coefficient (Wildman–Crippen LogP) is 3.95. The van der Waals surface area contributed by atoms with Crippen molar-refractivity contribution >= 4 is 30.0 Å². The molecule has 2 aromatic carbocycles. The summed E-state index contributed by atoms with van der Waals surface area (Å²) in [6.07, 6.45) is -4.58. The monoisotopic (exact) mass is 394 g/mol. The molecule has 0 aliphatic rings. The second kappa shape index (κ2) is 6.67. The molecule has 134 valence electrons. The van der Waals surface area contributed by atoms with Crippen molar-refractivity contribution in [3.63, 3.8) is 0 Å². The van der Waals surface area contributed by atoms with Gasteiger partial charge in [-0.1, -0.05) is 11.6 Å². The molecule has 0 amide bonds. The maximum Gasteiger partial charge on any atom is 0.416 e. The van der Waals surface area contributed by atoms with Crippen molar-refractivity contribution < 1.29 is 32.3 Å². The van der Waals surface area contributed by atoms with Crippen molar-refractivity contribution in [3.8, 4) is 11.5 Å². The number of ether oxygens (including phenoxy) is 1. The molecule has 2 rings (SSSR count). The lowest BCUT2D eigenvalue weighted by molar-refractivity contribution is -0.383. The van der Waals surface area contributed by atoms with E-state index in [1.54, 1.807) is 0 Å². The molecule has 0 saturated heterocycles. The minimum absolute atomic E-state index is 0.125. The van der Waals surface area contributed by atoms with Crippen molar-refractivity contribution in [2.75, 3.05) is 6.66 Å². The molecule has 0 saturated carbocycles. The van der Waals surface area contributed by atoms with E-state index < -0.39 is 35.0 Å². The highest BCUT2D eigenvalue weighted by Crippen LogP contribution is 2.39. The zero-order valence-electron chi connectivity index (χ0n) is 12.4. The van der Waals surface area contributed by atoms with Crippen LogP contribution in [0.25, 0.3) is 0 Å². The summed E-state index contributed by atoms with van der Waals surface area (Å²) in [5.74, 6) is -0.286. The Kier molecular flexibility index (Phi) is 5.13. The topological polar surface area (TPSA) is 92.5 Å². The molecule has 0 aromatic heterocycles. The van der Waals surface area contributed by atoms with Crippen LogP contribution in [-0.2, 0) is 10.7 Å². The molecule has 1 unspecified atom stereocenters. The van der Waals surface area contributed by atoms with E-state index in [0.717, 1.165) is 37.0 Å². The first kappa shape index (κ1) is 19.2. The molecule has 0 radical (unpaired) electrons. The quantitative estimate of drug-likeness (QED) is 0.444. The average molecular weight is 395 g/mol. The Bertz CT molecular complexity index is 881. The number of nitrogens with zero attached hydrogens (tertiary/aromatic N) is 1. The lowest BCUT2D eigenvalue weighted by atomic mass is 10.2. The van der Waals surface area contributed by atoms with E-state index >= 15 is 0 Å². The van der Waals surface area contributed by atoms with Gasteiger partial charge in [-0.25, -0.2) is 0 Å². The van der Waals surface area contributed by atoms with Gasteiger partial charge in [0.2, 0.25) is 0 Å². The molecule has 25 heavy (non-hydrogen) atoms. The summed E-state index contributed by atoms with van der Waals surface area (Å²) in [7, 11) is -4.24. The van der Waals surface area contributed by atoms with Gasteiger partial charge in [-0.3, -0.25) is 10.1 Å². The molecule has 0 N–H and O–H groups in total. The molecular weight excluding hydrogens is 386 g/mol. The molecule has 0 aliphatic carbocycles. The Morgan fingerprint density at radius 2 is 1.84 bits per heavy atom. The molecule has 6 nitrogen and oxygen atoms in total. The van der Waals surface area contributed by atoms with Crippen molar-refractivity contribution in [1.29, 1.82) is 0 Å². The smallest absolute Gasteiger partial charge is 0.416 e. The van der Waals surface area contributed by atoms with Crippen LogP contribution in [0.5, 0.6) is 11.5 Å². The summed E-state index contributed by atoms with van der Waals surface area (Å²) >= 11 is 5.75. The second-order valence-electron chi connectivity index (χ2n) is 5.00. The Hall–Kier alpha value is -2.09. The predicted molar refractivity (Wildman–Crippen MR) is 82.8 cm³/mol. The highest BCUT2D eigenvalue weighted by Gasteiger charge is 2.31. The molecule has 11 heteroatoms. The highest BCUT2D eigenvalue weighted by molar-refractivity contribution is 7.64. The average Bonchev–Trinajstić information content (AvgIpc) is 2.47. The molecule has 0 aliphatic heterocycles. The zero-order chi connectivity index (χ0) is 19.0. The SMILES string of the molecule is CP(=O)([O-])c1cc(Oc2ccc(C(F)(F)F)cc2Cl)ccc1[N+](=O)[O-]. The van der Waals surface area contributed by atoms with Gasteiger partial charge in [0.1, 0.15) is 11.5 Å². The van der Waals surface area contributed by atoms with E-state index in [1.807, 2.05) is 0 Å². The Morgan fingerprint density at radius 3 is 2.32 bits per heavy atom. The lowest BCUT2D eigenvalue weighted by Gasteiger charge is -2.19. The van der Waals surface area contributed by atoms with Gasteiger partial charge in [0.25, 0.3) is 5.69 Å². The van der Waals surface area contributed by atoms with Gasteiger partial charge in [0.05, 0.1) is 20.8 Å². The number of hydrogen-bond acceptors (Lipinski definition) is 5. The Balaban J connectivity index is 2.42. The van der Waals surface area contributed by atoms with Gasteiger partial charge in [0, 0.05) is 13.4 Å². The molecule has 0 fully saturated rings. The van der Waals surface area contributed by atoms with E-state index in [-0.39, 0.29) is 16.5 Å². The molecule has 2 aromatic rings. The van der Waals surface area contributed by atoms with E-state index in [2.05, 4.69) is 0 Å². The minimum atomic E-state index is -4.58. The van der Waals surface area contributed by atoms with Crippen LogP contribution in [0.1, 0.15) is 5.56 Å². The lowest BCUT2D eigenvalue weighted by Crippen LogP contribution is -2.17. The van der Waals surface area contributed by atoms with E-state index in [4.69, 9.17) is 16.3 Å². The number of hydrogen-bond donors (Lipinski definition) is 0. The Labute approximate surface area is 144 Å². The number of benzene rings is 2. The van der Waals surface area contributed by atoms with Gasteiger partial charge in [0.15, 0.2) is 0 Å². The van der Waals surface area contributed by atoms with Gasteiger partial charge in [-0.15, -0.1) is 0 Å². The normalized spacial score (nSPS) is 14.0. The van der Waals surface area contributed by atoms with Crippen molar-refractivity contribution in [1.82, 2.24) is 0 Å². The number of rotatable bonds is 4. The summed E-state index contributed by atoms with van der Waals surface area (Å²) < 4.78 is 54.8. The molecule has 0 spiro atoms. The van der Waals surface area contributed by atoms with Crippen LogP contribution in [0.4, 0.5) is 18.9 Å². The first-order chi connectivity index (χ1) is 11.4. The number of alkyl halides is 3. The van der Waals surface area contributed by atoms with Crippen molar-refractivity contribution in [3.05, 3.63) is 57.1 Å². The largest absolute Gasteiger partial charge is 0.796 e. The summed E-state index contributed by atoms with van der Waals surface area (Å²) in [6, 6.07) is 5.32. The van der Waals surface area contributed by atoms with Crippen LogP contribution in [0.15, 0.2) is 36.4 Å².